The van der Waals surface area contributed by atoms with Gasteiger partial charge in [-0.05, 0) is 54.7 Å². The van der Waals surface area contributed by atoms with Crippen LogP contribution in [0.2, 0.25) is 0 Å². The minimum absolute atomic E-state index is 0.0574. The summed E-state index contributed by atoms with van der Waals surface area (Å²) in [6.45, 7) is 2.90. The molecular formula is C21H21F5O4. The van der Waals surface area contributed by atoms with Crippen LogP contribution in [-0.4, -0.2) is 28.7 Å². The Labute approximate surface area is 169 Å². The van der Waals surface area contributed by atoms with E-state index < -0.39 is 41.6 Å². The summed E-state index contributed by atoms with van der Waals surface area (Å²) in [7, 11) is 0. The van der Waals surface area contributed by atoms with Crippen LogP contribution in [0.4, 0.5) is 22.0 Å². The van der Waals surface area contributed by atoms with Crippen molar-refractivity contribution in [2.24, 2.45) is 5.41 Å². The largest absolute Gasteiger partial charge is 0.481 e. The minimum atomic E-state index is -4.72. The number of carboxylic acids is 1. The first-order valence-electron chi connectivity index (χ1n) is 9.04. The Kier molecular flexibility index (Phi) is 7.07. The maximum absolute atomic E-state index is 13.3. The van der Waals surface area contributed by atoms with Gasteiger partial charge in [0, 0.05) is 0 Å². The summed E-state index contributed by atoms with van der Waals surface area (Å²) < 4.78 is 68.9. The average Bonchev–Trinajstić information content (AvgIpc) is 2.68. The SMILES string of the molecule is CCC(Cc1ccc(C)c(OC(F)(F)C(F)F)c1)(C(=O)O)C(O)c1ccc(F)cc1. The predicted molar refractivity (Wildman–Crippen MR) is 98.2 cm³/mol. The monoisotopic (exact) mass is 432 g/mol. The quantitative estimate of drug-likeness (QED) is 0.540. The number of ether oxygens (including phenoxy) is 1. The molecule has 2 atom stereocenters. The molecule has 2 rings (SSSR count). The van der Waals surface area contributed by atoms with Gasteiger partial charge in [-0.3, -0.25) is 4.79 Å². The van der Waals surface area contributed by atoms with Crippen molar-refractivity contribution in [3.63, 3.8) is 0 Å². The van der Waals surface area contributed by atoms with Crippen LogP contribution in [-0.2, 0) is 11.2 Å². The van der Waals surface area contributed by atoms with Crippen molar-refractivity contribution < 1.29 is 41.7 Å². The second-order valence-electron chi connectivity index (χ2n) is 7.01. The number of aliphatic carboxylic acids is 1. The molecule has 4 nitrogen and oxygen atoms in total. The van der Waals surface area contributed by atoms with Crippen LogP contribution in [0.1, 0.15) is 36.1 Å². The molecule has 0 aliphatic heterocycles. The molecule has 0 radical (unpaired) electrons. The molecule has 0 saturated heterocycles. The summed E-state index contributed by atoms with van der Waals surface area (Å²) in [5.41, 5.74) is -1.29. The number of aryl methyl sites for hydroxylation is 1. The molecule has 0 aliphatic rings. The molecule has 0 amide bonds. The van der Waals surface area contributed by atoms with Crippen LogP contribution in [0.5, 0.6) is 5.75 Å². The lowest BCUT2D eigenvalue weighted by Crippen LogP contribution is -2.39. The number of rotatable bonds is 9. The molecule has 0 bridgehead atoms. The van der Waals surface area contributed by atoms with E-state index in [1.54, 1.807) is 0 Å². The number of aliphatic hydroxyl groups excluding tert-OH is 1. The predicted octanol–water partition coefficient (Wildman–Crippen LogP) is 5.13. The molecule has 0 aromatic heterocycles. The number of carboxylic acid groups (broad SMARTS) is 1. The molecule has 30 heavy (non-hydrogen) atoms. The van der Waals surface area contributed by atoms with Gasteiger partial charge in [-0.25, -0.2) is 4.39 Å². The Balaban J connectivity index is 2.43. The second-order valence-corrected chi connectivity index (χ2v) is 7.01. The Morgan fingerprint density at radius 3 is 2.23 bits per heavy atom. The maximum Gasteiger partial charge on any atom is 0.461 e. The summed E-state index contributed by atoms with van der Waals surface area (Å²) in [6.07, 6.45) is -10.7. The van der Waals surface area contributed by atoms with E-state index in [1.807, 2.05) is 0 Å². The Morgan fingerprint density at radius 1 is 1.13 bits per heavy atom. The summed E-state index contributed by atoms with van der Waals surface area (Å²) in [4.78, 5) is 12.1. The average molecular weight is 432 g/mol. The fourth-order valence-corrected chi connectivity index (χ4v) is 3.14. The highest BCUT2D eigenvalue weighted by molar-refractivity contribution is 5.76. The van der Waals surface area contributed by atoms with Gasteiger partial charge in [0.25, 0.3) is 0 Å². The van der Waals surface area contributed by atoms with Crippen molar-refractivity contribution in [3.8, 4) is 5.75 Å². The molecular weight excluding hydrogens is 411 g/mol. The molecule has 0 heterocycles. The van der Waals surface area contributed by atoms with Gasteiger partial charge in [0.2, 0.25) is 0 Å². The number of alkyl halides is 4. The van der Waals surface area contributed by atoms with Gasteiger partial charge in [0.1, 0.15) is 17.0 Å². The molecule has 2 unspecified atom stereocenters. The number of aliphatic hydroxyl groups is 1. The van der Waals surface area contributed by atoms with Gasteiger partial charge in [0.15, 0.2) is 0 Å². The van der Waals surface area contributed by atoms with Crippen molar-refractivity contribution in [2.75, 3.05) is 0 Å². The smallest absolute Gasteiger partial charge is 0.461 e. The highest BCUT2D eigenvalue weighted by Gasteiger charge is 2.46. The zero-order valence-electron chi connectivity index (χ0n) is 16.2. The first-order valence-corrected chi connectivity index (χ1v) is 9.04. The first kappa shape index (κ1) is 23.6. The van der Waals surface area contributed by atoms with Gasteiger partial charge < -0.3 is 14.9 Å². The number of halogens is 5. The number of hydrogen-bond donors (Lipinski definition) is 2. The molecule has 2 N–H and O–H groups in total. The van der Waals surface area contributed by atoms with Crippen LogP contribution in [0, 0.1) is 18.2 Å². The molecule has 164 valence electrons. The normalized spacial score (nSPS) is 15.0. The van der Waals surface area contributed by atoms with E-state index in [4.69, 9.17) is 0 Å². The number of hydrogen-bond acceptors (Lipinski definition) is 3. The van der Waals surface area contributed by atoms with Crippen LogP contribution in [0.3, 0.4) is 0 Å². The van der Waals surface area contributed by atoms with Crippen LogP contribution in [0.25, 0.3) is 0 Å². The molecule has 9 heteroatoms. The fourth-order valence-electron chi connectivity index (χ4n) is 3.14. The fraction of sp³-hybridized carbons (Fsp3) is 0.381. The van der Waals surface area contributed by atoms with Crippen molar-refractivity contribution in [1.29, 1.82) is 0 Å². The van der Waals surface area contributed by atoms with Gasteiger partial charge >= 0.3 is 18.5 Å². The van der Waals surface area contributed by atoms with E-state index in [9.17, 15) is 37.0 Å². The first-order chi connectivity index (χ1) is 13.9. The van der Waals surface area contributed by atoms with Gasteiger partial charge in [-0.2, -0.15) is 17.6 Å². The van der Waals surface area contributed by atoms with Crippen molar-refractivity contribution >= 4 is 5.97 Å². The van der Waals surface area contributed by atoms with Gasteiger partial charge in [-0.1, -0.05) is 31.2 Å². The molecule has 2 aromatic carbocycles. The molecule has 2 aromatic rings. The standard InChI is InChI=1S/C21H21F5O4/c1-3-20(19(28)29,17(27)14-6-8-15(22)9-7-14)11-13-5-4-12(2)16(10-13)30-21(25,26)18(23)24/h4-10,17-18,27H,3,11H2,1-2H3,(H,28,29). The zero-order valence-corrected chi connectivity index (χ0v) is 16.2. The summed E-state index contributed by atoms with van der Waals surface area (Å²) >= 11 is 0. The van der Waals surface area contributed by atoms with E-state index in [0.717, 1.165) is 18.2 Å². The third-order valence-electron chi connectivity index (χ3n) is 5.04. The van der Waals surface area contributed by atoms with E-state index in [0.29, 0.717) is 0 Å². The minimum Gasteiger partial charge on any atom is -0.481 e. The highest BCUT2D eigenvalue weighted by atomic mass is 19.3. The molecule has 0 saturated carbocycles. The third-order valence-corrected chi connectivity index (χ3v) is 5.04. The van der Waals surface area contributed by atoms with Gasteiger partial charge in [0.05, 0.1) is 6.10 Å². The lowest BCUT2D eigenvalue weighted by atomic mass is 9.72. The van der Waals surface area contributed by atoms with Crippen LogP contribution >= 0.6 is 0 Å². The van der Waals surface area contributed by atoms with Crippen molar-refractivity contribution in [3.05, 3.63) is 65.0 Å². The molecule has 0 aliphatic carbocycles. The van der Waals surface area contributed by atoms with E-state index in [-0.39, 0.29) is 29.5 Å². The molecule has 0 fully saturated rings. The lowest BCUT2D eigenvalue weighted by Gasteiger charge is -2.34. The summed E-state index contributed by atoms with van der Waals surface area (Å²) in [6, 6.07) is 8.47. The van der Waals surface area contributed by atoms with Crippen molar-refractivity contribution in [2.45, 2.75) is 45.3 Å². The Morgan fingerprint density at radius 2 is 1.73 bits per heavy atom. The third kappa shape index (κ3) is 4.89. The van der Waals surface area contributed by atoms with Crippen molar-refractivity contribution in [1.82, 2.24) is 0 Å². The van der Waals surface area contributed by atoms with E-state index in [1.165, 1.54) is 38.1 Å². The summed E-state index contributed by atoms with van der Waals surface area (Å²) in [5.74, 6) is -2.45. The lowest BCUT2D eigenvalue weighted by molar-refractivity contribution is -0.253. The van der Waals surface area contributed by atoms with Crippen LogP contribution in [0.15, 0.2) is 42.5 Å². The zero-order chi connectivity index (χ0) is 22.7. The highest BCUT2D eigenvalue weighted by Crippen LogP contribution is 2.42. The second kappa shape index (κ2) is 8.99. The van der Waals surface area contributed by atoms with E-state index in [2.05, 4.69) is 4.74 Å². The number of carbonyl (C=O) groups is 1. The number of benzene rings is 2. The van der Waals surface area contributed by atoms with Crippen LogP contribution < -0.4 is 4.74 Å². The Hall–Kier alpha value is -2.68. The molecule has 0 spiro atoms. The topological polar surface area (TPSA) is 66.8 Å². The Bertz CT molecular complexity index is 885. The maximum atomic E-state index is 13.3. The van der Waals surface area contributed by atoms with E-state index >= 15 is 0 Å². The van der Waals surface area contributed by atoms with Gasteiger partial charge in [-0.15, -0.1) is 0 Å². The summed E-state index contributed by atoms with van der Waals surface area (Å²) in [5, 5.41) is 20.7.